The molecule has 0 N–H and O–H groups in total. The number of carbonyl (C=O) groups is 1. The first kappa shape index (κ1) is 60.7. The Bertz CT molecular complexity index is 1280. The highest BCUT2D eigenvalue weighted by Crippen LogP contribution is 2.38. The van der Waals surface area contributed by atoms with E-state index in [1.54, 1.807) is 0 Å². The molecule has 0 saturated heterocycles. The van der Waals surface area contributed by atoms with Gasteiger partial charge in [-0.2, -0.15) is 0 Å². The third kappa shape index (κ3) is 50.5. The van der Waals surface area contributed by atoms with Gasteiger partial charge in [-0.25, -0.2) is 0 Å². The number of phosphoric acid groups is 1. The third-order valence-electron chi connectivity index (χ3n) is 10.4. The molecule has 364 valence electrons. The Morgan fingerprint density at radius 3 is 1.38 bits per heavy atom. The van der Waals surface area contributed by atoms with E-state index in [0.717, 1.165) is 51.4 Å². The maximum Gasteiger partial charge on any atom is 0.306 e. The number of rotatable bonds is 46. The maximum absolute atomic E-state index is 12.7. The highest BCUT2D eigenvalue weighted by molar-refractivity contribution is 7.45. The Hall–Kier alpha value is -2.32. The second-order valence-electron chi connectivity index (χ2n) is 17.8. The predicted octanol–water partition coefficient (Wildman–Crippen LogP) is 15.0. The van der Waals surface area contributed by atoms with Gasteiger partial charge in [0.15, 0.2) is 0 Å². The maximum atomic E-state index is 12.7. The van der Waals surface area contributed by atoms with E-state index in [2.05, 4.69) is 86.8 Å². The van der Waals surface area contributed by atoms with E-state index in [-0.39, 0.29) is 26.2 Å². The number of nitrogens with zero attached hydrogens (tertiary/aromatic N) is 1. The predicted molar refractivity (Wildman–Crippen MR) is 268 cm³/mol. The van der Waals surface area contributed by atoms with Gasteiger partial charge in [-0.05, 0) is 77.0 Å². The van der Waals surface area contributed by atoms with Gasteiger partial charge in [0.1, 0.15) is 19.3 Å². The summed E-state index contributed by atoms with van der Waals surface area (Å²) in [4.78, 5) is 25.1. The second-order valence-corrected chi connectivity index (χ2v) is 19.2. The fourth-order valence-electron chi connectivity index (χ4n) is 6.57. The molecule has 9 heteroatoms. The zero-order valence-corrected chi connectivity index (χ0v) is 42.1. The summed E-state index contributed by atoms with van der Waals surface area (Å²) in [6.07, 6.45) is 62.0. The minimum absolute atomic E-state index is 0.00845. The van der Waals surface area contributed by atoms with Crippen molar-refractivity contribution in [1.29, 1.82) is 0 Å². The van der Waals surface area contributed by atoms with Gasteiger partial charge in [0.05, 0.1) is 34.4 Å². The third-order valence-corrected chi connectivity index (χ3v) is 11.4. The minimum Gasteiger partial charge on any atom is -0.756 e. The number of quaternary nitrogens is 1. The van der Waals surface area contributed by atoms with Crippen LogP contribution in [0.4, 0.5) is 0 Å². The normalized spacial score (nSPS) is 14.3. The monoisotopic (exact) mass is 902 g/mol. The molecule has 0 aliphatic heterocycles. The van der Waals surface area contributed by atoms with E-state index in [1.165, 1.54) is 116 Å². The number of unbranched alkanes of at least 4 members (excludes halogenated alkanes) is 18. The van der Waals surface area contributed by atoms with Crippen molar-refractivity contribution in [2.75, 3.05) is 54.1 Å². The molecule has 0 heterocycles. The smallest absolute Gasteiger partial charge is 0.306 e. The fraction of sp³-hybridized carbons (Fsp3) is 0.722. The summed E-state index contributed by atoms with van der Waals surface area (Å²) < 4.78 is 34.6. The molecular weight excluding hydrogens is 806 g/mol. The zero-order chi connectivity index (χ0) is 46.2. The van der Waals surface area contributed by atoms with Gasteiger partial charge in [-0.15, -0.1) is 0 Å². The van der Waals surface area contributed by atoms with Crippen molar-refractivity contribution in [2.45, 2.75) is 200 Å². The molecule has 0 fully saturated rings. The number of ether oxygens (including phenoxy) is 2. The van der Waals surface area contributed by atoms with Crippen LogP contribution in [0.5, 0.6) is 0 Å². The van der Waals surface area contributed by atoms with Crippen LogP contribution in [-0.2, 0) is 27.9 Å². The van der Waals surface area contributed by atoms with E-state index in [9.17, 15) is 14.3 Å². The summed E-state index contributed by atoms with van der Waals surface area (Å²) in [6.45, 7) is 5.19. The van der Waals surface area contributed by atoms with E-state index < -0.39 is 19.9 Å². The number of allylic oxidation sites excluding steroid dienone is 14. The van der Waals surface area contributed by atoms with Crippen LogP contribution in [0.3, 0.4) is 0 Å². The standard InChI is InChI=1S/C54H96NO7P/c1-6-8-10-12-14-16-18-20-22-24-26-27-28-30-32-34-36-38-40-42-44-46-49-59-51-53(52-61-63(57,58)60-50-48-55(3,4)5)62-54(56)47-45-43-41-39-37-35-33-31-29-25-23-21-19-17-15-13-11-9-7-2/h9,11,15,17,21,23-24,26,29,31,35,37,41,43,53H,6-8,10,12-14,16,18-20,22,25,27-28,30,32-34,36,38-40,42,44-52H2,1-5H3/b11-9-,17-15-,23-21-,26-24-,31-29-,37-35-,43-41-. The summed E-state index contributed by atoms with van der Waals surface area (Å²) in [5.74, 6) is -0.417. The summed E-state index contributed by atoms with van der Waals surface area (Å²) >= 11 is 0. The topological polar surface area (TPSA) is 94.1 Å². The Balaban J connectivity index is 4.26. The average molecular weight is 902 g/mol. The van der Waals surface area contributed by atoms with Crippen LogP contribution in [0.1, 0.15) is 194 Å². The number of phosphoric ester groups is 1. The number of hydrogen-bond donors (Lipinski definition) is 0. The molecule has 63 heavy (non-hydrogen) atoms. The van der Waals surface area contributed by atoms with E-state index in [1.807, 2.05) is 33.3 Å². The van der Waals surface area contributed by atoms with Gasteiger partial charge in [-0.3, -0.25) is 9.36 Å². The van der Waals surface area contributed by atoms with Crippen molar-refractivity contribution in [3.8, 4) is 0 Å². The molecule has 8 nitrogen and oxygen atoms in total. The number of carbonyl (C=O) groups excluding carboxylic acids is 1. The van der Waals surface area contributed by atoms with Crippen LogP contribution in [-0.4, -0.2) is 70.7 Å². The summed E-state index contributed by atoms with van der Waals surface area (Å²) in [7, 11) is 1.30. The molecule has 0 aliphatic carbocycles. The Morgan fingerprint density at radius 1 is 0.508 bits per heavy atom. The lowest BCUT2D eigenvalue weighted by atomic mass is 10.1. The van der Waals surface area contributed by atoms with Crippen LogP contribution >= 0.6 is 7.82 Å². The van der Waals surface area contributed by atoms with Crippen LogP contribution in [0.25, 0.3) is 0 Å². The van der Waals surface area contributed by atoms with Crippen molar-refractivity contribution in [3.63, 3.8) is 0 Å². The molecule has 0 aromatic carbocycles. The molecule has 2 atom stereocenters. The summed E-state index contributed by atoms with van der Waals surface area (Å²) in [5, 5.41) is 0. The first-order valence-corrected chi connectivity index (χ1v) is 26.8. The average Bonchev–Trinajstić information content (AvgIpc) is 3.24. The van der Waals surface area contributed by atoms with Crippen molar-refractivity contribution in [2.24, 2.45) is 0 Å². The molecule has 0 saturated carbocycles. The second kappa shape index (κ2) is 46.2. The van der Waals surface area contributed by atoms with Crippen molar-refractivity contribution < 1.29 is 37.3 Å². The Morgan fingerprint density at radius 2 is 0.921 bits per heavy atom. The lowest BCUT2D eigenvalue weighted by molar-refractivity contribution is -0.870. The van der Waals surface area contributed by atoms with Crippen molar-refractivity contribution >= 4 is 13.8 Å². The number of hydrogen-bond acceptors (Lipinski definition) is 7. The van der Waals surface area contributed by atoms with Crippen molar-refractivity contribution in [1.82, 2.24) is 0 Å². The van der Waals surface area contributed by atoms with Gasteiger partial charge in [0.2, 0.25) is 0 Å². The molecule has 0 aliphatic rings. The quantitative estimate of drug-likeness (QED) is 0.0197. The zero-order valence-electron chi connectivity index (χ0n) is 41.2. The molecule has 0 spiro atoms. The minimum atomic E-state index is -4.56. The first-order valence-electron chi connectivity index (χ1n) is 25.3. The van der Waals surface area contributed by atoms with Crippen molar-refractivity contribution in [3.05, 3.63) is 85.1 Å². The highest BCUT2D eigenvalue weighted by atomic mass is 31.2. The van der Waals surface area contributed by atoms with Gasteiger partial charge < -0.3 is 27.9 Å². The Labute approximate surface area is 388 Å². The molecule has 0 amide bonds. The largest absolute Gasteiger partial charge is 0.756 e. The van der Waals surface area contributed by atoms with Crippen LogP contribution in [0.2, 0.25) is 0 Å². The molecule has 0 radical (unpaired) electrons. The molecule has 0 rings (SSSR count). The fourth-order valence-corrected chi connectivity index (χ4v) is 7.30. The lowest BCUT2D eigenvalue weighted by Crippen LogP contribution is -2.37. The first-order chi connectivity index (χ1) is 30.6. The van der Waals surface area contributed by atoms with E-state index in [4.69, 9.17) is 18.5 Å². The van der Waals surface area contributed by atoms with E-state index >= 15 is 0 Å². The molecule has 0 aromatic rings. The Kier molecular flexibility index (Phi) is 44.5. The summed E-state index contributed by atoms with van der Waals surface area (Å²) in [6, 6.07) is 0. The molecule has 0 bridgehead atoms. The van der Waals surface area contributed by atoms with Crippen LogP contribution in [0, 0.1) is 0 Å². The van der Waals surface area contributed by atoms with Gasteiger partial charge in [0, 0.05) is 13.0 Å². The lowest BCUT2D eigenvalue weighted by Gasteiger charge is -2.28. The SMILES string of the molecule is CC/C=C\C/C=C\C/C=C\C/C=C\C/C=C\C/C=C\CCC(=O)OC(COCCCCCCCCCCCC/C=C\CCCCCCCCCC)COP(=O)([O-])OCC[N+](C)(C)C. The number of likely N-dealkylation sites (N-methyl/N-ethyl adjacent to an activating group) is 1. The highest BCUT2D eigenvalue weighted by Gasteiger charge is 2.20. The number of esters is 1. The van der Waals surface area contributed by atoms with Crippen LogP contribution < -0.4 is 4.89 Å². The van der Waals surface area contributed by atoms with E-state index in [0.29, 0.717) is 24.1 Å². The molecular formula is C54H96NO7P. The molecule has 2 unspecified atom stereocenters. The van der Waals surface area contributed by atoms with Gasteiger partial charge >= 0.3 is 5.97 Å². The molecule has 0 aromatic heterocycles. The van der Waals surface area contributed by atoms with Gasteiger partial charge in [-0.1, -0.05) is 195 Å². The van der Waals surface area contributed by atoms with Gasteiger partial charge in [0.25, 0.3) is 7.82 Å². The summed E-state index contributed by atoms with van der Waals surface area (Å²) in [5.41, 5.74) is 0. The van der Waals surface area contributed by atoms with Crippen LogP contribution in [0.15, 0.2) is 85.1 Å².